The molecule has 0 spiro atoms. The highest BCUT2D eigenvalue weighted by Gasteiger charge is 1.93. The minimum atomic E-state index is 0.250. The third kappa shape index (κ3) is 13.4. The zero-order chi connectivity index (χ0) is 14.2. The van der Waals surface area contributed by atoms with Crippen molar-refractivity contribution >= 4 is 0 Å². The molecule has 110 valence electrons. The topological polar surface area (TPSA) is 20.2 Å². The molecule has 0 heterocycles. The molecule has 0 saturated heterocycles. The maximum atomic E-state index is 7.57. The van der Waals surface area contributed by atoms with Gasteiger partial charge in [-0.15, -0.1) is 0 Å². The van der Waals surface area contributed by atoms with Gasteiger partial charge in [-0.25, -0.2) is 0 Å². The van der Waals surface area contributed by atoms with Crippen LogP contribution in [0.1, 0.15) is 70.8 Å². The lowest BCUT2D eigenvalue weighted by Gasteiger charge is -2.02. The first-order valence-electron chi connectivity index (χ1n) is 7.99. The first-order valence-corrected chi connectivity index (χ1v) is 7.99. The molecular weight excluding hydrogens is 232 g/mol. The molecule has 0 atom stereocenters. The molecule has 1 nitrogen and oxygen atoms in total. The Morgan fingerprint density at radius 2 is 1.21 bits per heavy atom. The monoisotopic (exact) mass is 264 g/mol. The van der Waals surface area contributed by atoms with Crippen molar-refractivity contribution in [2.24, 2.45) is 0 Å². The van der Waals surface area contributed by atoms with Crippen molar-refractivity contribution in [1.82, 2.24) is 0 Å². The summed E-state index contributed by atoms with van der Waals surface area (Å²) in [5.41, 5.74) is 1.49. The quantitative estimate of drug-likeness (QED) is 0.595. The van der Waals surface area contributed by atoms with Gasteiger partial charge in [0.1, 0.15) is 0 Å². The normalized spacial score (nSPS) is 9.84. The molecular formula is C18H32O. The van der Waals surface area contributed by atoms with Crippen LogP contribution in [0.4, 0.5) is 0 Å². The summed E-state index contributed by atoms with van der Waals surface area (Å²) >= 11 is 0. The van der Waals surface area contributed by atoms with E-state index in [4.69, 9.17) is 5.11 Å². The third-order valence-corrected chi connectivity index (χ3v) is 3.16. The van der Waals surface area contributed by atoms with Gasteiger partial charge in [-0.3, -0.25) is 0 Å². The summed E-state index contributed by atoms with van der Waals surface area (Å²) in [5, 5.41) is 7.57. The van der Waals surface area contributed by atoms with E-state index in [-0.39, 0.29) is 6.61 Å². The number of aryl methyl sites for hydroxylation is 1. The third-order valence-electron chi connectivity index (χ3n) is 3.16. The molecule has 0 bridgehead atoms. The number of rotatable bonds is 9. The molecule has 0 aromatic heterocycles. The van der Waals surface area contributed by atoms with Crippen molar-refractivity contribution < 1.29 is 5.11 Å². The van der Waals surface area contributed by atoms with Crippen molar-refractivity contribution in [3.8, 4) is 0 Å². The Morgan fingerprint density at radius 1 is 0.737 bits per heavy atom. The summed E-state index contributed by atoms with van der Waals surface area (Å²) in [6, 6.07) is 10.8. The maximum Gasteiger partial charge on any atom is 0.0402 e. The first-order chi connectivity index (χ1) is 9.35. The number of aliphatic hydroxyl groups excluding tert-OH is 1. The molecule has 0 aliphatic rings. The molecule has 0 aliphatic carbocycles. The summed E-state index contributed by atoms with van der Waals surface area (Å²) in [5.74, 6) is 0. The molecule has 0 aliphatic heterocycles. The van der Waals surface area contributed by atoms with Gasteiger partial charge in [0, 0.05) is 6.61 Å². The number of benzene rings is 1. The van der Waals surface area contributed by atoms with Crippen LogP contribution in [-0.4, -0.2) is 11.7 Å². The number of hydrogen-bond acceptors (Lipinski definition) is 1. The van der Waals surface area contributed by atoms with E-state index in [0.717, 1.165) is 0 Å². The Hall–Kier alpha value is -0.820. The number of aliphatic hydroxyl groups is 1. The Kier molecular flexibility index (Phi) is 14.6. The van der Waals surface area contributed by atoms with E-state index < -0.39 is 0 Å². The lowest BCUT2D eigenvalue weighted by molar-refractivity contribution is 0.318. The van der Waals surface area contributed by atoms with Crippen LogP contribution in [0.2, 0.25) is 0 Å². The van der Waals surface area contributed by atoms with Crippen LogP contribution in [0.3, 0.4) is 0 Å². The Labute approximate surface area is 120 Å². The molecule has 1 aromatic rings. The minimum absolute atomic E-state index is 0.250. The van der Waals surface area contributed by atoms with Crippen LogP contribution in [0.5, 0.6) is 0 Å². The van der Waals surface area contributed by atoms with Crippen LogP contribution in [-0.2, 0) is 6.42 Å². The minimum Gasteiger partial charge on any atom is -0.397 e. The number of hydrogen-bond donors (Lipinski definition) is 1. The SMILES string of the molecule is CCCCCCCCCCc1ccccc1.CCO. The van der Waals surface area contributed by atoms with E-state index in [9.17, 15) is 0 Å². The van der Waals surface area contributed by atoms with Crippen LogP contribution in [0, 0.1) is 0 Å². The average molecular weight is 264 g/mol. The molecule has 1 N–H and O–H groups in total. The molecule has 1 aromatic carbocycles. The van der Waals surface area contributed by atoms with Gasteiger partial charge >= 0.3 is 0 Å². The van der Waals surface area contributed by atoms with Crippen molar-refractivity contribution in [2.75, 3.05) is 6.61 Å². The largest absolute Gasteiger partial charge is 0.397 e. The zero-order valence-electron chi connectivity index (χ0n) is 12.9. The van der Waals surface area contributed by atoms with E-state index in [1.54, 1.807) is 6.92 Å². The first kappa shape index (κ1) is 18.2. The summed E-state index contributed by atoms with van der Waals surface area (Å²) in [7, 11) is 0. The van der Waals surface area contributed by atoms with Crippen molar-refractivity contribution in [2.45, 2.75) is 71.6 Å². The molecule has 0 fully saturated rings. The predicted octanol–water partition coefficient (Wildman–Crippen LogP) is 5.37. The highest BCUT2D eigenvalue weighted by Crippen LogP contribution is 2.10. The fraction of sp³-hybridized carbons (Fsp3) is 0.667. The smallest absolute Gasteiger partial charge is 0.0402 e. The molecule has 0 saturated carbocycles. The van der Waals surface area contributed by atoms with Gasteiger partial charge in [-0.05, 0) is 25.3 Å². The van der Waals surface area contributed by atoms with Gasteiger partial charge in [0.25, 0.3) is 0 Å². The van der Waals surface area contributed by atoms with Crippen LogP contribution >= 0.6 is 0 Å². The van der Waals surface area contributed by atoms with E-state index in [2.05, 4.69) is 37.3 Å². The molecule has 0 unspecified atom stereocenters. The van der Waals surface area contributed by atoms with Gasteiger partial charge in [-0.2, -0.15) is 0 Å². The molecule has 19 heavy (non-hydrogen) atoms. The second-order valence-corrected chi connectivity index (χ2v) is 5.03. The van der Waals surface area contributed by atoms with E-state index in [1.807, 2.05) is 0 Å². The van der Waals surface area contributed by atoms with E-state index >= 15 is 0 Å². The molecule has 0 amide bonds. The summed E-state index contributed by atoms with van der Waals surface area (Å²) in [4.78, 5) is 0. The highest BCUT2D eigenvalue weighted by atomic mass is 16.2. The van der Waals surface area contributed by atoms with Crippen molar-refractivity contribution in [3.05, 3.63) is 35.9 Å². The number of unbranched alkanes of at least 4 members (excludes halogenated alkanes) is 7. The Morgan fingerprint density at radius 3 is 1.74 bits per heavy atom. The zero-order valence-corrected chi connectivity index (χ0v) is 12.9. The fourth-order valence-corrected chi connectivity index (χ4v) is 2.11. The molecule has 1 heteroatoms. The predicted molar refractivity (Wildman–Crippen MR) is 85.5 cm³/mol. The Balaban J connectivity index is 0.000000982. The fourth-order valence-electron chi connectivity index (χ4n) is 2.11. The van der Waals surface area contributed by atoms with Crippen molar-refractivity contribution in [3.63, 3.8) is 0 Å². The summed E-state index contributed by atoms with van der Waals surface area (Å²) < 4.78 is 0. The highest BCUT2D eigenvalue weighted by molar-refractivity contribution is 5.14. The summed E-state index contributed by atoms with van der Waals surface area (Å²) in [6.45, 7) is 4.21. The Bertz CT molecular complexity index is 256. The summed E-state index contributed by atoms with van der Waals surface area (Å²) in [6.07, 6.45) is 12.5. The standard InChI is InChI=1S/C16H26.C2H6O/c1-2-3-4-5-6-7-8-10-13-16-14-11-9-12-15-16;1-2-3/h9,11-12,14-15H,2-8,10,13H2,1H3;3H,2H2,1H3. The maximum absolute atomic E-state index is 7.57. The average Bonchev–Trinajstić information content (AvgIpc) is 2.44. The van der Waals surface area contributed by atoms with Crippen molar-refractivity contribution in [1.29, 1.82) is 0 Å². The van der Waals surface area contributed by atoms with E-state index in [1.165, 1.54) is 63.4 Å². The molecule has 1 rings (SSSR count). The van der Waals surface area contributed by atoms with Gasteiger partial charge in [0.15, 0.2) is 0 Å². The van der Waals surface area contributed by atoms with Crippen LogP contribution in [0.25, 0.3) is 0 Å². The van der Waals surface area contributed by atoms with Crippen LogP contribution < -0.4 is 0 Å². The van der Waals surface area contributed by atoms with E-state index in [0.29, 0.717) is 0 Å². The van der Waals surface area contributed by atoms with Gasteiger partial charge < -0.3 is 5.11 Å². The second-order valence-electron chi connectivity index (χ2n) is 5.03. The lowest BCUT2D eigenvalue weighted by Crippen LogP contribution is -1.85. The molecule has 0 radical (unpaired) electrons. The van der Waals surface area contributed by atoms with Gasteiger partial charge in [0.05, 0.1) is 0 Å². The van der Waals surface area contributed by atoms with Gasteiger partial charge in [0.2, 0.25) is 0 Å². The van der Waals surface area contributed by atoms with Crippen LogP contribution in [0.15, 0.2) is 30.3 Å². The second kappa shape index (κ2) is 15.2. The van der Waals surface area contributed by atoms with Gasteiger partial charge in [-0.1, -0.05) is 82.2 Å². The lowest BCUT2D eigenvalue weighted by atomic mass is 10.0.